The molecule has 1 saturated carbocycles. The maximum Gasteiger partial charge on any atom is 0.244 e. The summed E-state index contributed by atoms with van der Waals surface area (Å²) in [4.78, 5) is 12.5. The molecule has 0 radical (unpaired) electrons. The van der Waals surface area contributed by atoms with Gasteiger partial charge in [0.1, 0.15) is 11.7 Å². The van der Waals surface area contributed by atoms with Gasteiger partial charge in [0.15, 0.2) is 0 Å². The van der Waals surface area contributed by atoms with Crippen molar-refractivity contribution in [2.75, 3.05) is 0 Å². The summed E-state index contributed by atoms with van der Waals surface area (Å²) in [5.41, 5.74) is 2.77. The second-order valence-electron chi connectivity index (χ2n) is 6.28. The average Bonchev–Trinajstić information content (AvgIpc) is 3.33. The third-order valence-corrected chi connectivity index (χ3v) is 4.62. The molecule has 0 unspecified atom stereocenters. The summed E-state index contributed by atoms with van der Waals surface area (Å²) in [6, 6.07) is 15.6. The Morgan fingerprint density at radius 1 is 1.25 bits per heavy atom. The lowest BCUT2D eigenvalue weighted by Gasteiger charge is -2.13. The van der Waals surface area contributed by atoms with Crippen molar-refractivity contribution in [3.8, 4) is 11.3 Å². The largest absolute Gasteiger partial charge is 0.352 e. The summed E-state index contributed by atoms with van der Waals surface area (Å²) >= 11 is 6.19. The number of amides is 1. The SMILES string of the molecule is C[C@@H](C(=O)NC1CC1)n1nc(-c2ccccc2)c2cc(Cl)ccc21. The molecule has 1 aromatic heterocycles. The van der Waals surface area contributed by atoms with Gasteiger partial charge in [-0.15, -0.1) is 0 Å². The van der Waals surface area contributed by atoms with Gasteiger partial charge >= 0.3 is 0 Å². The van der Waals surface area contributed by atoms with Crippen LogP contribution in [0.4, 0.5) is 0 Å². The Balaban J connectivity index is 1.82. The minimum Gasteiger partial charge on any atom is -0.352 e. The maximum absolute atomic E-state index is 12.5. The zero-order chi connectivity index (χ0) is 16.7. The summed E-state index contributed by atoms with van der Waals surface area (Å²) in [6.45, 7) is 1.88. The third kappa shape index (κ3) is 2.78. The van der Waals surface area contributed by atoms with Crippen molar-refractivity contribution in [2.24, 2.45) is 0 Å². The van der Waals surface area contributed by atoms with E-state index in [1.54, 1.807) is 4.68 Å². The number of carbonyl (C=O) groups excluding carboxylic acids is 1. The molecule has 5 heteroatoms. The summed E-state index contributed by atoms with van der Waals surface area (Å²) in [6.07, 6.45) is 2.15. The van der Waals surface area contributed by atoms with Crippen LogP contribution in [-0.4, -0.2) is 21.7 Å². The number of rotatable bonds is 4. The van der Waals surface area contributed by atoms with Crippen LogP contribution < -0.4 is 5.32 Å². The number of fused-ring (bicyclic) bond motifs is 1. The lowest BCUT2D eigenvalue weighted by Crippen LogP contribution is -2.32. The molecule has 1 aliphatic carbocycles. The van der Waals surface area contributed by atoms with Gasteiger partial charge in [0.2, 0.25) is 5.91 Å². The van der Waals surface area contributed by atoms with E-state index in [9.17, 15) is 4.79 Å². The summed E-state index contributed by atoms with van der Waals surface area (Å²) in [7, 11) is 0. The van der Waals surface area contributed by atoms with Gasteiger partial charge in [-0.1, -0.05) is 41.9 Å². The molecule has 4 nitrogen and oxygen atoms in total. The highest BCUT2D eigenvalue weighted by atomic mass is 35.5. The van der Waals surface area contributed by atoms with Gasteiger partial charge in [0.25, 0.3) is 0 Å². The lowest BCUT2D eigenvalue weighted by atomic mass is 10.1. The van der Waals surface area contributed by atoms with E-state index in [-0.39, 0.29) is 11.9 Å². The van der Waals surface area contributed by atoms with Crippen LogP contribution in [0, 0.1) is 0 Å². The molecule has 4 rings (SSSR count). The van der Waals surface area contributed by atoms with Crippen molar-refractivity contribution in [3.63, 3.8) is 0 Å². The van der Waals surface area contributed by atoms with Crippen LogP contribution in [0.5, 0.6) is 0 Å². The number of hydrogen-bond acceptors (Lipinski definition) is 2. The Morgan fingerprint density at radius 2 is 2.00 bits per heavy atom. The first kappa shape index (κ1) is 15.2. The van der Waals surface area contributed by atoms with Crippen LogP contribution in [-0.2, 0) is 4.79 Å². The fourth-order valence-electron chi connectivity index (χ4n) is 2.88. The number of nitrogens with zero attached hydrogens (tertiary/aromatic N) is 2. The smallest absolute Gasteiger partial charge is 0.244 e. The highest BCUT2D eigenvalue weighted by molar-refractivity contribution is 6.31. The number of halogens is 1. The fraction of sp³-hybridized carbons (Fsp3) is 0.263. The second kappa shape index (κ2) is 5.95. The van der Waals surface area contributed by atoms with Crippen LogP contribution in [0.1, 0.15) is 25.8 Å². The molecule has 2 aromatic carbocycles. The topological polar surface area (TPSA) is 46.9 Å². The van der Waals surface area contributed by atoms with Crippen molar-refractivity contribution >= 4 is 28.4 Å². The summed E-state index contributed by atoms with van der Waals surface area (Å²) in [5, 5.41) is 9.42. The zero-order valence-electron chi connectivity index (χ0n) is 13.4. The van der Waals surface area contributed by atoms with Crippen LogP contribution >= 0.6 is 11.6 Å². The molecule has 1 atom stereocenters. The van der Waals surface area contributed by atoms with E-state index in [0.717, 1.165) is 35.0 Å². The predicted molar refractivity (Wildman–Crippen MR) is 96.1 cm³/mol. The number of nitrogens with one attached hydrogen (secondary N) is 1. The molecule has 0 saturated heterocycles. The molecule has 24 heavy (non-hydrogen) atoms. The quantitative estimate of drug-likeness (QED) is 0.774. The Labute approximate surface area is 145 Å². The first-order chi connectivity index (χ1) is 11.6. The first-order valence-corrected chi connectivity index (χ1v) is 8.55. The van der Waals surface area contributed by atoms with E-state index >= 15 is 0 Å². The summed E-state index contributed by atoms with van der Waals surface area (Å²) < 4.78 is 1.80. The Kier molecular flexibility index (Phi) is 3.77. The van der Waals surface area contributed by atoms with E-state index in [1.165, 1.54) is 0 Å². The van der Waals surface area contributed by atoms with E-state index in [4.69, 9.17) is 16.7 Å². The van der Waals surface area contributed by atoms with Gasteiger partial charge in [-0.2, -0.15) is 5.10 Å². The molecule has 1 fully saturated rings. The van der Waals surface area contributed by atoms with E-state index in [0.29, 0.717) is 11.1 Å². The zero-order valence-corrected chi connectivity index (χ0v) is 14.1. The molecule has 1 heterocycles. The summed E-state index contributed by atoms with van der Waals surface area (Å²) in [5.74, 6) is 0.0106. The van der Waals surface area contributed by atoms with E-state index < -0.39 is 0 Å². The Hall–Kier alpha value is -2.33. The van der Waals surface area contributed by atoms with Gasteiger partial charge in [-0.25, -0.2) is 0 Å². The first-order valence-electron chi connectivity index (χ1n) is 8.17. The van der Waals surface area contributed by atoms with E-state index in [2.05, 4.69) is 5.32 Å². The average molecular weight is 340 g/mol. The number of hydrogen-bond donors (Lipinski definition) is 1. The van der Waals surface area contributed by atoms with Gasteiger partial charge < -0.3 is 5.32 Å². The molecule has 1 N–H and O–H groups in total. The molecule has 1 amide bonds. The lowest BCUT2D eigenvalue weighted by molar-refractivity contribution is -0.124. The number of carbonyl (C=O) groups is 1. The third-order valence-electron chi connectivity index (χ3n) is 4.39. The van der Waals surface area contributed by atoms with Crippen LogP contribution in [0.15, 0.2) is 48.5 Å². The highest BCUT2D eigenvalue weighted by Crippen LogP contribution is 2.32. The van der Waals surface area contributed by atoms with Crippen molar-refractivity contribution in [1.82, 2.24) is 15.1 Å². The van der Waals surface area contributed by atoms with Crippen LogP contribution in [0.2, 0.25) is 5.02 Å². The molecule has 0 bridgehead atoms. The monoisotopic (exact) mass is 339 g/mol. The predicted octanol–water partition coefficient (Wildman–Crippen LogP) is 4.20. The van der Waals surface area contributed by atoms with Crippen molar-refractivity contribution in [2.45, 2.75) is 31.8 Å². The van der Waals surface area contributed by atoms with Crippen molar-refractivity contribution in [3.05, 3.63) is 53.6 Å². The van der Waals surface area contributed by atoms with Crippen molar-refractivity contribution in [1.29, 1.82) is 0 Å². The molecule has 1 aliphatic rings. The molecule has 0 aliphatic heterocycles. The maximum atomic E-state index is 12.5. The molecule has 3 aromatic rings. The van der Waals surface area contributed by atoms with Crippen LogP contribution in [0.3, 0.4) is 0 Å². The van der Waals surface area contributed by atoms with Gasteiger partial charge in [-0.05, 0) is 38.0 Å². The minimum absolute atomic E-state index is 0.0106. The second-order valence-corrected chi connectivity index (χ2v) is 6.72. The minimum atomic E-state index is -0.369. The fourth-order valence-corrected chi connectivity index (χ4v) is 3.05. The Bertz CT molecular complexity index is 900. The van der Waals surface area contributed by atoms with Crippen molar-refractivity contribution < 1.29 is 4.79 Å². The normalized spacial score (nSPS) is 15.4. The van der Waals surface area contributed by atoms with Crippen LogP contribution in [0.25, 0.3) is 22.2 Å². The molecular weight excluding hydrogens is 322 g/mol. The van der Waals surface area contributed by atoms with Gasteiger partial charge in [-0.3, -0.25) is 9.48 Å². The molecule has 122 valence electrons. The van der Waals surface area contributed by atoms with E-state index in [1.807, 2.05) is 55.5 Å². The molecule has 0 spiro atoms. The number of aromatic nitrogens is 2. The number of benzene rings is 2. The molecular formula is C19H18ClN3O. The highest BCUT2D eigenvalue weighted by Gasteiger charge is 2.27. The van der Waals surface area contributed by atoms with Gasteiger partial charge in [0, 0.05) is 22.0 Å². The van der Waals surface area contributed by atoms with Gasteiger partial charge in [0.05, 0.1) is 5.52 Å². The standard InChI is InChI=1S/C19H18ClN3O/c1-12(19(24)21-15-8-9-15)23-17-10-7-14(20)11-16(17)18(22-23)13-5-3-2-4-6-13/h2-7,10-12,15H,8-9H2,1H3,(H,21,24)/t12-/m0/s1. The Morgan fingerprint density at radius 3 is 2.71 bits per heavy atom.